The molecule has 8 nitrogen and oxygen atoms in total. The number of carbonyl (C=O) groups is 1. The van der Waals surface area contributed by atoms with Crippen molar-refractivity contribution in [2.75, 3.05) is 45.7 Å². The molecule has 8 heteroatoms. The zero-order valence-corrected chi connectivity index (χ0v) is 17.5. The van der Waals surface area contributed by atoms with Crippen molar-refractivity contribution in [2.45, 2.75) is 13.5 Å². The number of piperazine rings is 1. The third kappa shape index (κ3) is 4.33. The molecule has 0 bridgehead atoms. The highest BCUT2D eigenvalue weighted by Gasteiger charge is 2.23. The average molecular weight is 410 g/mol. The second-order valence-electron chi connectivity index (χ2n) is 7.34. The van der Waals surface area contributed by atoms with Gasteiger partial charge in [0.25, 0.3) is 0 Å². The van der Waals surface area contributed by atoms with Gasteiger partial charge >= 0.3 is 6.03 Å². The summed E-state index contributed by atoms with van der Waals surface area (Å²) in [7, 11) is 3.16. The molecule has 0 saturated carbocycles. The van der Waals surface area contributed by atoms with Crippen LogP contribution in [-0.4, -0.2) is 61.2 Å². The first kappa shape index (κ1) is 20.0. The van der Waals surface area contributed by atoms with E-state index in [-0.39, 0.29) is 6.03 Å². The molecule has 4 rings (SSSR count). The molecule has 3 aromatic rings. The maximum absolute atomic E-state index is 12.7. The Morgan fingerprint density at radius 1 is 1.10 bits per heavy atom. The third-order valence-electron chi connectivity index (χ3n) is 5.26. The molecule has 0 aliphatic carbocycles. The van der Waals surface area contributed by atoms with E-state index >= 15 is 0 Å². The van der Waals surface area contributed by atoms with Gasteiger partial charge in [0.05, 0.1) is 26.5 Å². The van der Waals surface area contributed by atoms with Crippen LogP contribution in [0.2, 0.25) is 0 Å². The van der Waals surface area contributed by atoms with Crippen LogP contribution in [-0.2, 0) is 6.54 Å². The van der Waals surface area contributed by atoms with Crippen LogP contribution < -0.4 is 14.8 Å². The van der Waals surface area contributed by atoms with Gasteiger partial charge in [0.15, 0.2) is 5.58 Å². The summed E-state index contributed by atoms with van der Waals surface area (Å²) in [4.78, 5) is 21.3. The molecule has 0 radical (unpaired) electrons. The highest BCUT2D eigenvalue weighted by molar-refractivity contribution is 5.91. The maximum atomic E-state index is 12.7. The van der Waals surface area contributed by atoms with Crippen molar-refractivity contribution >= 4 is 22.8 Å². The minimum Gasteiger partial charge on any atom is -0.497 e. The van der Waals surface area contributed by atoms with Crippen LogP contribution in [0.5, 0.6) is 11.5 Å². The topological polar surface area (TPSA) is 80.1 Å². The van der Waals surface area contributed by atoms with Gasteiger partial charge in [-0.2, -0.15) is 0 Å². The Labute approximate surface area is 175 Å². The van der Waals surface area contributed by atoms with Gasteiger partial charge in [-0.05, 0) is 36.8 Å². The maximum Gasteiger partial charge on any atom is 0.322 e. The number of oxazole rings is 1. The van der Waals surface area contributed by atoms with Crippen LogP contribution in [0.25, 0.3) is 11.1 Å². The van der Waals surface area contributed by atoms with E-state index in [4.69, 9.17) is 13.9 Å². The minimum absolute atomic E-state index is 0.143. The molecule has 158 valence electrons. The molecular weight excluding hydrogens is 384 g/mol. The van der Waals surface area contributed by atoms with E-state index in [9.17, 15) is 4.79 Å². The molecule has 1 aliphatic rings. The van der Waals surface area contributed by atoms with Crippen LogP contribution in [0.1, 0.15) is 11.5 Å². The van der Waals surface area contributed by atoms with Crippen molar-refractivity contribution in [3.8, 4) is 11.5 Å². The van der Waals surface area contributed by atoms with Gasteiger partial charge in [0.1, 0.15) is 17.0 Å². The predicted octanol–water partition coefficient (Wildman–Crippen LogP) is 3.50. The quantitative estimate of drug-likeness (QED) is 0.693. The lowest BCUT2D eigenvalue weighted by atomic mass is 10.2. The first-order chi connectivity index (χ1) is 14.6. The lowest BCUT2D eigenvalue weighted by Crippen LogP contribution is -2.49. The molecule has 2 heterocycles. The summed E-state index contributed by atoms with van der Waals surface area (Å²) in [6, 6.07) is 11.2. The molecule has 2 amide bonds. The summed E-state index contributed by atoms with van der Waals surface area (Å²) >= 11 is 0. The zero-order chi connectivity index (χ0) is 21.1. The van der Waals surface area contributed by atoms with E-state index in [0.717, 1.165) is 29.8 Å². The van der Waals surface area contributed by atoms with Gasteiger partial charge in [-0.25, -0.2) is 9.78 Å². The van der Waals surface area contributed by atoms with Crippen molar-refractivity contribution < 1.29 is 18.7 Å². The molecule has 0 atom stereocenters. The predicted molar refractivity (Wildman–Crippen MR) is 114 cm³/mol. The number of methoxy groups -OCH3 is 2. The first-order valence-electron chi connectivity index (χ1n) is 9.92. The van der Waals surface area contributed by atoms with Gasteiger partial charge in [0.2, 0.25) is 5.89 Å². The minimum atomic E-state index is -0.143. The molecule has 2 aromatic carbocycles. The summed E-state index contributed by atoms with van der Waals surface area (Å²) in [6.45, 7) is 5.44. The van der Waals surface area contributed by atoms with E-state index in [0.29, 0.717) is 42.7 Å². The second kappa shape index (κ2) is 8.62. The SMILES string of the molecule is COc1ccc(NC(=O)N2CCN(Cc3nc4cc(C)ccc4o3)CC2)c(OC)c1. The number of aryl methyl sites for hydroxylation is 1. The van der Waals surface area contributed by atoms with Crippen molar-refractivity contribution in [1.29, 1.82) is 0 Å². The van der Waals surface area contributed by atoms with Crippen LogP contribution in [0.4, 0.5) is 10.5 Å². The van der Waals surface area contributed by atoms with Crippen molar-refractivity contribution in [3.05, 3.63) is 47.9 Å². The fourth-order valence-electron chi connectivity index (χ4n) is 3.55. The number of rotatable bonds is 5. The standard InChI is InChI=1S/C22H26N4O4/c1-15-4-7-19-18(12-15)23-21(30-19)14-25-8-10-26(11-9-25)22(27)24-17-6-5-16(28-2)13-20(17)29-3/h4-7,12-13H,8-11,14H2,1-3H3,(H,24,27). The summed E-state index contributed by atoms with van der Waals surface area (Å²) in [6.07, 6.45) is 0. The Bertz CT molecular complexity index is 1040. The van der Waals surface area contributed by atoms with E-state index in [1.165, 1.54) is 0 Å². The number of nitrogens with one attached hydrogen (secondary N) is 1. The number of hydrogen-bond donors (Lipinski definition) is 1. The monoisotopic (exact) mass is 410 g/mol. The number of amides is 2. The summed E-state index contributed by atoms with van der Waals surface area (Å²) in [5.41, 5.74) is 3.47. The third-order valence-corrected chi connectivity index (χ3v) is 5.26. The van der Waals surface area contributed by atoms with Crippen LogP contribution >= 0.6 is 0 Å². The smallest absolute Gasteiger partial charge is 0.322 e. The number of anilines is 1. The summed E-state index contributed by atoms with van der Waals surface area (Å²) in [5, 5.41) is 2.93. The zero-order valence-electron chi connectivity index (χ0n) is 17.5. The number of fused-ring (bicyclic) bond motifs is 1. The highest BCUT2D eigenvalue weighted by Crippen LogP contribution is 2.29. The second-order valence-corrected chi connectivity index (χ2v) is 7.34. The van der Waals surface area contributed by atoms with E-state index < -0.39 is 0 Å². The van der Waals surface area contributed by atoms with Crippen LogP contribution in [0.15, 0.2) is 40.8 Å². The van der Waals surface area contributed by atoms with Gasteiger partial charge in [0, 0.05) is 32.2 Å². The van der Waals surface area contributed by atoms with Gasteiger partial charge in [-0.1, -0.05) is 6.07 Å². The lowest BCUT2D eigenvalue weighted by molar-refractivity contribution is 0.136. The number of urea groups is 1. The number of nitrogens with zero attached hydrogens (tertiary/aromatic N) is 3. The van der Waals surface area contributed by atoms with E-state index in [2.05, 4.69) is 15.2 Å². The number of aromatic nitrogens is 1. The van der Waals surface area contributed by atoms with E-state index in [1.807, 2.05) is 25.1 Å². The van der Waals surface area contributed by atoms with Crippen LogP contribution in [0.3, 0.4) is 0 Å². The number of hydrogen-bond acceptors (Lipinski definition) is 6. The molecule has 1 aromatic heterocycles. The largest absolute Gasteiger partial charge is 0.497 e. The molecule has 1 fully saturated rings. The number of carbonyl (C=O) groups excluding carboxylic acids is 1. The number of ether oxygens (including phenoxy) is 2. The molecule has 1 saturated heterocycles. The number of benzene rings is 2. The Hall–Kier alpha value is -3.26. The van der Waals surface area contributed by atoms with Crippen molar-refractivity contribution in [1.82, 2.24) is 14.8 Å². The Kier molecular flexibility index (Phi) is 5.76. The average Bonchev–Trinajstić information content (AvgIpc) is 3.15. The molecule has 30 heavy (non-hydrogen) atoms. The molecule has 0 unspecified atom stereocenters. The Morgan fingerprint density at radius 2 is 1.90 bits per heavy atom. The van der Waals surface area contributed by atoms with Crippen molar-refractivity contribution in [2.24, 2.45) is 0 Å². The Balaban J connectivity index is 1.33. The fraction of sp³-hybridized carbons (Fsp3) is 0.364. The summed E-state index contributed by atoms with van der Waals surface area (Å²) in [5.74, 6) is 1.94. The molecule has 1 N–H and O–H groups in total. The molecule has 0 spiro atoms. The van der Waals surface area contributed by atoms with E-state index in [1.54, 1.807) is 37.3 Å². The van der Waals surface area contributed by atoms with Gasteiger partial charge in [-0.15, -0.1) is 0 Å². The van der Waals surface area contributed by atoms with Gasteiger partial charge in [-0.3, -0.25) is 4.90 Å². The first-order valence-corrected chi connectivity index (χ1v) is 9.92. The molecular formula is C22H26N4O4. The molecule has 1 aliphatic heterocycles. The Morgan fingerprint density at radius 3 is 2.63 bits per heavy atom. The fourth-order valence-corrected chi connectivity index (χ4v) is 3.55. The normalized spacial score (nSPS) is 14.7. The highest BCUT2D eigenvalue weighted by atomic mass is 16.5. The van der Waals surface area contributed by atoms with Crippen LogP contribution in [0, 0.1) is 6.92 Å². The van der Waals surface area contributed by atoms with Gasteiger partial charge < -0.3 is 24.1 Å². The summed E-state index contributed by atoms with van der Waals surface area (Å²) < 4.78 is 16.4. The van der Waals surface area contributed by atoms with Crippen molar-refractivity contribution in [3.63, 3.8) is 0 Å². The lowest BCUT2D eigenvalue weighted by Gasteiger charge is -2.34.